The van der Waals surface area contributed by atoms with Crippen molar-refractivity contribution in [3.63, 3.8) is 0 Å². The van der Waals surface area contributed by atoms with Crippen molar-refractivity contribution in [2.45, 2.75) is 58.7 Å². The molecule has 0 aliphatic carbocycles. The van der Waals surface area contributed by atoms with Crippen LogP contribution in [0.4, 0.5) is 9.18 Å². The Morgan fingerprint density at radius 3 is 2.66 bits per heavy atom. The lowest BCUT2D eigenvalue weighted by Gasteiger charge is -2.35. The number of hydrogen-bond acceptors (Lipinski definition) is 7. The van der Waals surface area contributed by atoms with Gasteiger partial charge in [-0.25, -0.2) is 23.7 Å². The molecule has 5 heterocycles. The summed E-state index contributed by atoms with van der Waals surface area (Å²) in [5.74, 6) is -0.422. The molecule has 0 aromatic carbocycles. The van der Waals surface area contributed by atoms with Crippen LogP contribution in [-0.4, -0.2) is 59.8 Å². The molecule has 9 nitrogen and oxygen atoms in total. The molecule has 4 aromatic rings. The largest absolute Gasteiger partial charge is 0.444 e. The van der Waals surface area contributed by atoms with E-state index >= 15 is 4.39 Å². The van der Waals surface area contributed by atoms with E-state index in [0.717, 1.165) is 21.8 Å². The molecule has 1 amide bonds. The quantitative estimate of drug-likeness (QED) is 0.412. The number of rotatable bonds is 2. The number of alkyl halides is 1. The third-order valence-electron chi connectivity index (χ3n) is 5.94. The molecule has 0 saturated carbocycles. The molecule has 11 heteroatoms. The highest BCUT2D eigenvalue weighted by Crippen LogP contribution is 2.35. The van der Waals surface area contributed by atoms with Gasteiger partial charge in [0.05, 0.1) is 24.1 Å². The fourth-order valence-corrected chi connectivity index (χ4v) is 5.48. The number of amides is 1. The number of thiazole rings is 1. The van der Waals surface area contributed by atoms with E-state index in [-0.39, 0.29) is 12.1 Å². The zero-order valence-electron chi connectivity index (χ0n) is 20.3. The molecule has 0 unspecified atom stereocenters. The number of fused-ring (bicyclic) bond motifs is 2. The molecule has 0 radical (unpaired) electrons. The second-order valence-electron chi connectivity index (χ2n) is 9.97. The summed E-state index contributed by atoms with van der Waals surface area (Å²) in [5.41, 5.74) is 2.67. The number of hydrogen-bond donors (Lipinski definition) is 0. The van der Waals surface area contributed by atoms with E-state index < -0.39 is 23.8 Å². The number of piperidine rings is 1. The van der Waals surface area contributed by atoms with Crippen LogP contribution in [0, 0.1) is 13.8 Å². The third kappa shape index (κ3) is 4.52. The minimum atomic E-state index is -1.27. The van der Waals surface area contributed by atoms with Crippen LogP contribution in [0.15, 0.2) is 29.3 Å². The van der Waals surface area contributed by atoms with Crippen molar-refractivity contribution >= 4 is 28.0 Å². The number of ether oxygens (including phenoxy) is 1. The Hall–Kier alpha value is -3.34. The van der Waals surface area contributed by atoms with Gasteiger partial charge in [0, 0.05) is 29.6 Å². The fraction of sp³-hybridized carbons (Fsp3) is 0.458. The minimum Gasteiger partial charge on any atom is -0.444 e. The van der Waals surface area contributed by atoms with Crippen LogP contribution < -0.4 is 5.56 Å². The number of aromatic nitrogens is 5. The third-order valence-corrected chi connectivity index (χ3v) is 7.05. The average Bonchev–Trinajstić information content (AvgIpc) is 3.35. The normalized spacial score (nSPS) is 19.0. The van der Waals surface area contributed by atoms with E-state index in [9.17, 15) is 9.59 Å². The van der Waals surface area contributed by atoms with Gasteiger partial charge < -0.3 is 9.64 Å². The molecule has 1 aliphatic rings. The summed E-state index contributed by atoms with van der Waals surface area (Å²) < 4.78 is 23.7. The number of nitrogens with zero attached hydrogens (tertiary/aromatic N) is 6. The highest BCUT2D eigenvalue weighted by atomic mass is 32.1. The van der Waals surface area contributed by atoms with Crippen LogP contribution in [0.1, 0.15) is 49.2 Å². The van der Waals surface area contributed by atoms with Gasteiger partial charge in [0.15, 0.2) is 10.6 Å². The van der Waals surface area contributed by atoms with Crippen molar-refractivity contribution < 1.29 is 13.9 Å². The number of aryl methyl sites for hydroxylation is 2. The van der Waals surface area contributed by atoms with E-state index in [1.807, 2.05) is 26.1 Å². The van der Waals surface area contributed by atoms with Crippen LogP contribution in [-0.2, 0) is 4.74 Å². The van der Waals surface area contributed by atoms with Crippen LogP contribution in [0.3, 0.4) is 0 Å². The van der Waals surface area contributed by atoms with Crippen molar-refractivity contribution in [3.8, 4) is 11.4 Å². The molecule has 0 spiro atoms. The molecule has 2 atom stereocenters. The summed E-state index contributed by atoms with van der Waals surface area (Å²) >= 11 is 1.29. The van der Waals surface area contributed by atoms with Crippen LogP contribution in [0.25, 0.3) is 22.0 Å². The molecule has 0 bridgehead atoms. The highest BCUT2D eigenvalue weighted by molar-refractivity contribution is 7.17. The SMILES string of the molecule is Cc1cn2nc(-c3cc(=O)n4cc([C@H]5CCN(C(=O)OC(C)(C)C)C[C@H]5F)sc4n3)cc(C)c2n1. The lowest BCUT2D eigenvalue weighted by molar-refractivity contribution is 0.0113. The van der Waals surface area contributed by atoms with E-state index in [0.29, 0.717) is 29.3 Å². The molecule has 4 aromatic heterocycles. The fourth-order valence-electron chi connectivity index (χ4n) is 4.31. The Kier molecular flexibility index (Phi) is 5.62. The summed E-state index contributed by atoms with van der Waals surface area (Å²) in [6.07, 6.45) is 2.15. The first kappa shape index (κ1) is 23.4. The number of halogens is 1. The monoisotopic (exact) mass is 498 g/mol. The summed E-state index contributed by atoms with van der Waals surface area (Å²) in [6.45, 7) is 9.52. The summed E-state index contributed by atoms with van der Waals surface area (Å²) in [4.78, 5) is 37.0. The van der Waals surface area contributed by atoms with Crippen LogP contribution in [0.2, 0.25) is 0 Å². The Morgan fingerprint density at radius 2 is 1.94 bits per heavy atom. The Balaban J connectivity index is 1.42. The van der Waals surface area contributed by atoms with E-state index in [1.54, 1.807) is 31.5 Å². The van der Waals surface area contributed by atoms with Gasteiger partial charge in [0.2, 0.25) is 0 Å². The predicted octanol–water partition coefficient (Wildman–Crippen LogP) is 4.15. The predicted molar refractivity (Wildman–Crippen MR) is 131 cm³/mol. The zero-order chi connectivity index (χ0) is 25.1. The molecule has 1 fully saturated rings. The summed E-state index contributed by atoms with van der Waals surface area (Å²) in [7, 11) is 0. The first-order valence-corrected chi connectivity index (χ1v) is 12.3. The van der Waals surface area contributed by atoms with Gasteiger partial charge >= 0.3 is 6.09 Å². The van der Waals surface area contributed by atoms with Gasteiger partial charge in [0.25, 0.3) is 5.56 Å². The smallest absolute Gasteiger partial charge is 0.410 e. The first-order valence-electron chi connectivity index (χ1n) is 11.5. The van der Waals surface area contributed by atoms with Crippen molar-refractivity contribution in [2.75, 3.05) is 13.1 Å². The molecule has 184 valence electrons. The lowest BCUT2D eigenvalue weighted by atomic mass is 9.94. The maximum atomic E-state index is 15.2. The second-order valence-corrected chi connectivity index (χ2v) is 11.0. The molecule has 5 rings (SSSR count). The maximum absolute atomic E-state index is 15.2. The molecular weight excluding hydrogens is 471 g/mol. The Bertz CT molecular complexity index is 1500. The van der Waals surface area contributed by atoms with E-state index in [2.05, 4.69) is 15.1 Å². The van der Waals surface area contributed by atoms with Crippen LogP contribution >= 0.6 is 11.3 Å². The number of likely N-dealkylation sites (tertiary alicyclic amines) is 1. The summed E-state index contributed by atoms with van der Waals surface area (Å²) in [6, 6.07) is 3.30. The van der Waals surface area contributed by atoms with Gasteiger partial charge in [-0.2, -0.15) is 5.10 Å². The van der Waals surface area contributed by atoms with Crippen molar-refractivity contribution in [1.82, 2.24) is 28.9 Å². The van der Waals surface area contributed by atoms with Gasteiger partial charge in [-0.05, 0) is 52.7 Å². The average molecular weight is 499 g/mol. The molecule has 1 saturated heterocycles. The first-order chi connectivity index (χ1) is 16.5. The van der Waals surface area contributed by atoms with Gasteiger partial charge in [-0.3, -0.25) is 9.20 Å². The minimum absolute atomic E-state index is 0.0467. The zero-order valence-corrected chi connectivity index (χ0v) is 21.1. The second kappa shape index (κ2) is 8.40. The van der Waals surface area contributed by atoms with Crippen LogP contribution in [0.5, 0.6) is 0 Å². The number of carbonyl (C=O) groups excluding carboxylic acids is 1. The van der Waals surface area contributed by atoms with Crippen molar-refractivity contribution in [1.29, 1.82) is 0 Å². The highest BCUT2D eigenvalue weighted by Gasteiger charge is 2.35. The van der Waals surface area contributed by atoms with Gasteiger partial charge in [-0.15, -0.1) is 11.3 Å². The van der Waals surface area contributed by atoms with Crippen molar-refractivity contribution in [2.24, 2.45) is 0 Å². The molecule has 0 N–H and O–H groups in total. The summed E-state index contributed by atoms with van der Waals surface area (Å²) in [5, 5.41) is 4.57. The standard InChI is InChI=1S/C24H27FN6O3S/c1-13-8-18(28-31-10-14(2)26-21(13)31)17-9-20(32)30-12-19(35-22(30)27-17)15-6-7-29(11-16(15)25)23(33)34-24(3,4)5/h8-10,12,15-16H,6-7,11H2,1-5H3/t15-,16+/m0/s1. The van der Waals surface area contributed by atoms with E-state index in [1.165, 1.54) is 26.7 Å². The van der Waals surface area contributed by atoms with Gasteiger partial charge in [0.1, 0.15) is 17.5 Å². The molecule has 35 heavy (non-hydrogen) atoms. The molecular formula is C24H27FN6O3S. The van der Waals surface area contributed by atoms with Crippen molar-refractivity contribution in [3.05, 3.63) is 51.0 Å². The maximum Gasteiger partial charge on any atom is 0.410 e. The lowest BCUT2D eigenvalue weighted by Crippen LogP contribution is -2.46. The number of imidazole rings is 1. The number of carbonyl (C=O) groups is 1. The van der Waals surface area contributed by atoms with E-state index in [4.69, 9.17) is 4.74 Å². The Morgan fingerprint density at radius 1 is 1.17 bits per heavy atom. The Labute approximate surface area is 205 Å². The van der Waals surface area contributed by atoms with Gasteiger partial charge in [-0.1, -0.05) is 0 Å². The molecule has 1 aliphatic heterocycles. The topological polar surface area (TPSA) is 94.1 Å².